The lowest BCUT2D eigenvalue weighted by molar-refractivity contribution is -0.186. The fourth-order valence-corrected chi connectivity index (χ4v) is 1.64. The Hall–Kier alpha value is -1.39. The van der Waals surface area contributed by atoms with Gasteiger partial charge in [-0.15, -0.1) is 0 Å². The molecule has 2 rings (SSSR count). The van der Waals surface area contributed by atoms with E-state index < -0.39 is 18.4 Å². The van der Waals surface area contributed by atoms with Crippen LogP contribution >= 0.6 is 0 Å². The van der Waals surface area contributed by atoms with E-state index in [-0.39, 0.29) is 0 Å². The number of carbonyl (C=O) groups excluding carboxylic acids is 1. The molecule has 1 aliphatic rings. The van der Waals surface area contributed by atoms with Gasteiger partial charge in [-0.2, -0.15) is 0 Å². The van der Waals surface area contributed by atoms with E-state index >= 15 is 0 Å². The molecule has 1 aliphatic heterocycles. The summed E-state index contributed by atoms with van der Waals surface area (Å²) >= 11 is 0. The fraction of sp³-hybridized carbons (Fsp3) is 0.417. The van der Waals surface area contributed by atoms with E-state index in [2.05, 4.69) is 0 Å². The Bertz CT molecular complexity index is 349. The first-order chi connectivity index (χ1) is 7.77. The second-order valence-electron chi connectivity index (χ2n) is 3.71. The summed E-state index contributed by atoms with van der Waals surface area (Å²) in [7, 11) is 0. The third-order valence-electron chi connectivity index (χ3n) is 2.51. The summed E-state index contributed by atoms with van der Waals surface area (Å²) in [5.41, 5.74) is 0.486. The number of hydrogen-bond acceptors (Lipinski definition) is 4. The molecular formula is C12H14O4. The smallest absolute Gasteiger partial charge is 0.338 e. The van der Waals surface area contributed by atoms with Crippen LogP contribution < -0.4 is 0 Å². The number of hydrogen-bond donors (Lipinski definition) is 1. The Labute approximate surface area is 93.8 Å². The third-order valence-corrected chi connectivity index (χ3v) is 2.51. The summed E-state index contributed by atoms with van der Waals surface area (Å²) in [6, 6.07) is 8.72. The Morgan fingerprint density at radius 3 is 2.81 bits per heavy atom. The first-order valence-corrected chi connectivity index (χ1v) is 5.33. The molecule has 4 heteroatoms. The van der Waals surface area contributed by atoms with Crippen molar-refractivity contribution in [1.29, 1.82) is 0 Å². The molecule has 0 bridgehead atoms. The molecule has 4 nitrogen and oxygen atoms in total. The minimum atomic E-state index is -0.999. The Morgan fingerprint density at radius 1 is 1.38 bits per heavy atom. The lowest BCUT2D eigenvalue weighted by Gasteiger charge is -2.27. The van der Waals surface area contributed by atoms with Gasteiger partial charge in [0.1, 0.15) is 0 Å². The Morgan fingerprint density at radius 2 is 2.12 bits per heavy atom. The topological polar surface area (TPSA) is 55.8 Å². The maximum absolute atomic E-state index is 11.7. The van der Waals surface area contributed by atoms with Crippen LogP contribution in [0.15, 0.2) is 30.3 Å². The van der Waals surface area contributed by atoms with Gasteiger partial charge in [0.05, 0.1) is 12.2 Å². The normalized spacial score (nSPS) is 25.1. The van der Waals surface area contributed by atoms with E-state index in [9.17, 15) is 9.90 Å². The average Bonchev–Trinajstić information content (AvgIpc) is 2.33. The standard InChI is InChI=1S/C12H14O4/c13-11(9-5-2-1-3-6-9)16-10-7-4-8-15-12(10)14/h1-3,5-6,10,12,14H,4,7-8H2/t10-,12-/m0/s1. The number of carbonyl (C=O) groups is 1. The number of aliphatic hydroxyl groups is 1. The number of benzene rings is 1. The number of esters is 1. The molecule has 1 saturated heterocycles. The highest BCUT2D eigenvalue weighted by atomic mass is 16.6. The average molecular weight is 222 g/mol. The Balaban J connectivity index is 1.96. The van der Waals surface area contributed by atoms with Crippen LogP contribution in [0.25, 0.3) is 0 Å². The zero-order valence-corrected chi connectivity index (χ0v) is 8.83. The van der Waals surface area contributed by atoms with Crippen molar-refractivity contribution in [2.75, 3.05) is 6.61 Å². The molecule has 1 heterocycles. The van der Waals surface area contributed by atoms with Gasteiger partial charge in [0, 0.05) is 0 Å². The van der Waals surface area contributed by atoms with Gasteiger partial charge in [-0.05, 0) is 25.0 Å². The molecule has 86 valence electrons. The molecule has 1 aromatic rings. The van der Waals surface area contributed by atoms with Crippen molar-refractivity contribution in [3.63, 3.8) is 0 Å². The molecule has 0 spiro atoms. The predicted octanol–water partition coefficient (Wildman–Crippen LogP) is 1.34. The maximum Gasteiger partial charge on any atom is 0.338 e. The van der Waals surface area contributed by atoms with Gasteiger partial charge in [0.2, 0.25) is 0 Å². The second kappa shape index (κ2) is 5.09. The lowest BCUT2D eigenvalue weighted by Crippen LogP contribution is -2.37. The van der Waals surface area contributed by atoms with Crippen LogP contribution in [0.3, 0.4) is 0 Å². The summed E-state index contributed by atoms with van der Waals surface area (Å²) in [6.07, 6.45) is -0.119. The Kier molecular flexibility index (Phi) is 3.54. The van der Waals surface area contributed by atoms with E-state index in [4.69, 9.17) is 9.47 Å². The van der Waals surface area contributed by atoms with Gasteiger partial charge in [-0.1, -0.05) is 18.2 Å². The fourth-order valence-electron chi connectivity index (χ4n) is 1.64. The molecule has 0 aliphatic carbocycles. The van der Waals surface area contributed by atoms with Crippen LogP contribution in [0.5, 0.6) is 0 Å². The molecule has 1 fully saturated rings. The van der Waals surface area contributed by atoms with Crippen molar-refractivity contribution in [3.8, 4) is 0 Å². The van der Waals surface area contributed by atoms with E-state index in [0.29, 0.717) is 18.6 Å². The quantitative estimate of drug-likeness (QED) is 0.767. The third kappa shape index (κ3) is 2.59. The van der Waals surface area contributed by atoms with Crippen LogP contribution in [-0.2, 0) is 9.47 Å². The molecule has 1 aromatic carbocycles. The lowest BCUT2D eigenvalue weighted by atomic mass is 10.1. The summed E-state index contributed by atoms with van der Waals surface area (Å²) < 4.78 is 10.2. The van der Waals surface area contributed by atoms with Gasteiger partial charge >= 0.3 is 5.97 Å². The highest BCUT2D eigenvalue weighted by molar-refractivity contribution is 5.89. The highest BCUT2D eigenvalue weighted by Gasteiger charge is 2.27. The second-order valence-corrected chi connectivity index (χ2v) is 3.71. The van der Waals surface area contributed by atoms with Crippen molar-refractivity contribution in [2.45, 2.75) is 25.2 Å². The van der Waals surface area contributed by atoms with E-state index in [1.54, 1.807) is 24.3 Å². The molecule has 0 aromatic heterocycles. The molecule has 2 atom stereocenters. The van der Waals surface area contributed by atoms with Crippen molar-refractivity contribution in [2.24, 2.45) is 0 Å². The van der Waals surface area contributed by atoms with E-state index in [1.807, 2.05) is 6.07 Å². The van der Waals surface area contributed by atoms with Crippen LogP contribution in [0.4, 0.5) is 0 Å². The molecule has 0 radical (unpaired) electrons. The van der Waals surface area contributed by atoms with Crippen molar-refractivity contribution in [3.05, 3.63) is 35.9 Å². The summed E-state index contributed by atoms with van der Waals surface area (Å²) in [4.78, 5) is 11.7. The minimum absolute atomic E-state index is 0.421. The number of ether oxygens (including phenoxy) is 2. The molecule has 0 amide bonds. The SMILES string of the molecule is O=C(O[C@H]1CCCO[C@@H]1O)c1ccccc1. The van der Waals surface area contributed by atoms with Crippen LogP contribution in [-0.4, -0.2) is 30.1 Å². The first-order valence-electron chi connectivity index (χ1n) is 5.33. The van der Waals surface area contributed by atoms with E-state index in [1.165, 1.54) is 0 Å². The van der Waals surface area contributed by atoms with Gasteiger partial charge in [-0.3, -0.25) is 0 Å². The van der Waals surface area contributed by atoms with Gasteiger partial charge in [0.15, 0.2) is 12.4 Å². The monoisotopic (exact) mass is 222 g/mol. The van der Waals surface area contributed by atoms with Gasteiger partial charge < -0.3 is 14.6 Å². The minimum Gasteiger partial charge on any atom is -0.453 e. The van der Waals surface area contributed by atoms with E-state index in [0.717, 1.165) is 6.42 Å². The summed E-state index contributed by atoms with van der Waals surface area (Å²) in [6.45, 7) is 0.514. The molecular weight excluding hydrogens is 208 g/mol. The summed E-state index contributed by atoms with van der Waals surface area (Å²) in [5, 5.41) is 9.47. The zero-order chi connectivity index (χ0) is 11.4. The molecule has 0 saturated carbocycles. The maximum atomic E-state index is 11.7. The first kappa shape index (κ1) is 11.1. The van der Waals surface area contributed by atoms with Crippen LogP contribution in [0.2, 0.25) is 0 Å². The molecule has 1 N–H and O–H groups in total. The highest BCUT2D eigenvalue weighted by Crippen LogP contribution is 2.17. The van der Waals surface area contributed by atoms with Crippen LogP contribution in [0, 0.1) is 0 Å². The number of rotatable bonds is 2. The number of aliphatic hydroxyl groups excluding tert-OH is 1. The molecule has 0 unspecified atom stereocenters. The van der Waals surface area contributed by atoms with Crippen LogP contribution in [0.1, 0.15) is 23.2 Å². The summed E-state index contributed by atoms with van der Waals surface area (Å²) in [5.74, 6) is -0.421. The largest absolute Gasteiger partial charge is 0.453 e. The molecule has 16 heavy (non-hydrogen) atoms. The zero-order valence-electron chi connectivity index (χ0n) is 8.83. The van der Waals surface area contributed by atoms with Gasteiger partial charge in [0.25, 0.3) is 0 Å². The van der Waals surface area contributed by atoms with Crippen molar-refractivity contribution >= 4 is 5.97 Å². The predicted molar refractivity (Wildman–Crippen MR) is 56.8 cm³/mol. The van der Waals surface area contributed by atoms with Crippen molar-refractivity contribution in [1.82, 2.24) is 0 Å². The van der Waals surface area contributed by atoms with Crippen molar-refractivity contribution < 1.29 is 19.4 Å². The van der Waals surface area contributed by atoms with Gasteiger partial charge in [-0.25, -0.2) is 4.79 Å².